The van der Waals surface area contributed by atoms with E-state index in [0.29, 0.717) is 47.9 Å². The largest absolute Gasteiger partial charge is 0.481 e. The molecule has 0 saturated carbocycles. The average molecular weight is 785 g/mol. The Morgan fingerprint density at radius 3 is 2.69 bits per heavy atom. The molecule has 2 saturated heterocycles. The molecule has 12 heteroatoms. The molecular formula is C42H38BrN7O4. The first kappa shape index (κ1) is 34.6. The fourth-order valence-corrected chi connectivity index (χ4v) is 9.25. The van der Waals surface area contributed by atoms with Crippen molar-refractivity contribution in [2.45, 2.75) is 51.3 Å². The third-order valence-corrected chi connectivity index (χ3v) is 12.2. The Balaban J connectivity index is 1.01. The van der Waals surface area contributed by atoms with Crippen LogP contribution >= 0.6 is 15.9 Å². The minimum atomic E-state index is -0.749. The van der Waals surface area contributed by atoms with Gasteiger partial charge in [-0.05, 0) is 119 Å². The minimum Gasteiger partial charge on any atom is -0.481 e. The molecule has 3 atom stereocenters. The van der Waals surface area contributed by atoms with Crippen LogP contribution in [0.3, 0.4) is 0 Å². The molecule has 272 valence electrons. The highest BCUT2D eigenvalue weighted by atomic mass is 79.9. The molecule has 6 aromatic rings. The first-order valence-corrected chi connectivity index (χ1v) is 19.2. The van der Waals surface area contributed by atoms with E-state index in [-0.39, 0.29) is 18.1 Å². The number of nitriles is 1. The van der Waals surface area contributed by atoms with Gasteiger partial charge in [-0.15, -0.1) is 0 Å². The van der Waals surface area contributed by atoms with Crippen molar-refractivity contribution >= 4 is 55.4 Å². The number of likely N-dealkylation sites (tertiary alicyclic amines) is 2. The summed E-state index contributed by atoms with van der Waals surface area (Å²) in [6.07, 6.45) is 6.46. The highest BCUT2D eigenvalue weighted by Crippen LogP contribution is 2.45. The molecule has 0 bridgehead atoms. The van der Waals surface area contributed by atoms with Crippen molar-refractivity contribution in [3.05, 3.63) is 99.3 Å². The number of benzene rings is 3. The smallest absolute Gasteiger partial charge is 0.307 e. The molecule has 54 heavy (non-hydrogen) atoms. The van der Waals surface area contributed by atoms with Crippen LogP contribution in [0.4, 0.5) is 11.5 Å². The van der Waals surface area contributed by atoms with Crippen LogP contribution in [0, 0.1) is 24.2 Å². The summed E-state index contributed by atoms with van der Waals surface area (Å²) in [5.41, 5.74) is 10.2. The van der Waals surface area contributed by atoms with Crippen molar-refractivity contribution in [2.24, 2.45) is 5.92 Å². The Labute approximate surface area is 320 Å². The lowest BCUT2D eigenvalue weighted by atomic mass is 9.97. The number of hydrogen-bond acceptors (Lipinski definition) is 10. The molecule has 3 N–H and O–H groups in total. The standard InChI is InChI=1S/C42H38BrN7O4/c1-23-28(4-3-7-34(23)47-40-38-25(10-13-45-40)16-24(19-46-38)20-49-14-12-27(51)22-49)30-5-2-6-31(37(30)43)41-48-35-17-32-29(33(18-44)39(35)54-41)8-9-36(32)50-15-11-26(21-50)42(52)53/h2-7,10,13,16-17,19,26-27,36,51H,8-9,11-12,14-15,20-22H2,1H3,(H,45,47)(H,52,53)/t26-,27-,36-/m1/s1. The Morgan fingerprint density at radius 1 is 1.06 bits per heavy atom. The average Bonchev–Trinajstić information content (AvgIpc) is 3.99. The van der Waals surface area contributed by atoms with E-state index < -0.39 is 5.97 Å². The number of β-amino-alcohol motifs (C(OH)–C–C–N with tert-alkyl or cyclic N) is 1. The van der Waals surface area contributed by atoms with Gasteiger partial charge in [0, 0.05) is 60.2 Å². The van der Waals surface area contributed by atoms with E-state index in [1.54, 1.807) is 6.20 Å². The minimum absolute atomic E-state index is 0.0629. The van der Waals surface area contributed by atoms with Gasteiger partial charge in [-0.1, -0.05) is 24.3 Å². The molecule has 3 aromatic heterocycles. The molecular weight excluding hydrogens is 746 g/mol. The number of hydrogen-bond donors (Lipinski definition) is 3. The fraction of sp³-hybridized carbons (Fsp3) is 0.310. The monoisotopic (exact) mass is 783 g/mol. The highest BCUT2D eigenvalue weighted by molar-refractivity contribution is 9.10. The normalized spacial score (nSPS) is 20.1. The van der Waals surface area contributed by atoms with E-state index >= 15 is 0 Å². The SMILES string of the molecule is Cc1c(Nc2nccc3cc(CN4CC[C@@H](O)C4)cnc23)cccc1-c1cccc(-c2nc3cc4c(c(C#N)c3o2)CC[C@H]4N2CC[C@@H](C(=O)O)C2)c1Br. The van der Waals surface area contributed by atoms with Crippen LogP contribution in [0.2, 0.25) is 0 Å². The third-order valence-electron chi connectivity index (χ3n) is 11.4. The van der Waals surface area contributed by atoms with E-state index in [0.717, 1.165) is 98.9 Å². The summed E-state index contributed by atoms with van der Waals surface area (Å²) >= 11 is 3.89. The summed E-state index contributed by atoms with van der Waals surface area (Å²) in [4.78, 5) is 30.6. The van der Waals surface area contributed by atoms with Gasteiger partial charge in [0.25, 0.3) is 0 Å². The summed E-state index contributed by atoms with van der Waals surface area (Å²) < 4.78 is 7.23. The van der Waals surface area contributed by atoms with E-state index in [4.69, 9.17) is 14.4 Å². The Morgan fingerprint density at radius 2 is 1.89 bits per heavy atom. The van der Waals surface area contributed by atoms with Gasteiger partial charge < -0.3 is 19.9 Å². The van der Waals surface area contributed by atoms with Crippen LogP contribution in [-0.2, 0) is 17.8 Å². The number of anilines is 2. The lowest BCUT2D eigenvalue weighted by Crippen LogP contribution is -2.26. The quantitative estimate of drug-likeness (QED) is 0.139. The lowest BCUT2D eigenvalue weighted by molar-refractivity contribution is -0.141. The molecule has 2 fully saturated rings. The van der Waals surface area contributed by atoms with Crippen molar-refractivity contribution in [3.8, 4) is 28.7 Å². The third kappa shape index (κ3) is 6.11. The molecule has 3 aliphatic rings. The van der Waals surface area contributed by atoms with Gasteiger partial charge in [-0.25, -0.2) is 9.97 Å². The van der Waals surface area contributed by atoms with Crippen LogP contribution in [0.1, 0.15) is 53.1 Å². The number of rotatable bonds is 8. The number of aliphatic hydroxyl groups excluding tert-OH is 1. The zero-order valence-corrected chi connectivity index (χ0v) is 31.3. The number of halogens is 1. The maximum Gasteiger partial charge on any atom is 0.307 e. The number of aliphatic hydroxyl groups is 1. The number of carbonyl (C=O) groups is 1. The fourth-order valence-electron chi connectivity index (χ4n) is 8.61. The summed E-state index contributed by atoms with van der Waals surface area (Å²) in [6, 6.07) is 20.8. The van der Waals surface area contributed by atoms with Gasteiger partial charge in [-0.3, -0.25) is 19.6 Å². The van der Waals surface area contributed by atoms with Crippen molar-refractivity contribution < 1.29 is 19.4 Å². The molecule has 9 rings (SSSR count). The molecule has 1 aliphatic carbocycles. The molecule has 0 radical (unpaired) electrons. The number of aliphatic carboxylic acids is 1. The molecule has 3 aromatic carbocycles. The molecule has 2 aliphatic heterocycles. The van der Waals surface area contributed by atoms with Gasteiger partial charge in [0.05, 0.1) is 17.6 Å². The second-order valence-electron chi connectivity index (χ2n) is 14.7. The van der Waals surface area contributed by atoms with Crippen molar-refractivity contribution in [2.75, 3.05) is 31.5 Å². The van der Waals surface area contributed by atoms with Crippen LogP contribution in [-0.4, -0.2) is 73.2 Å². The number of aromatic nitrogens is 3. The van der Waals surface area contributed by atoms with E-state index in [1.165, 1.54) is 0 Å². The zero-order chi connectivity index (χ0) is 37.1. The van der Waals surface area contributed by atoms with Crippen LogP contribution < -0.4 is 5.32 Å². The Hall–Kier alpha value is -5.19. The maximum atomic E-state index is 11.7. The van der Waals surface area contributed by atoms with Gasteiger partial charge >= 0.3 is 5.97 Å². The van der Waals surface area contributed by atoms with Crippen LogP contribution in [0.5, 0.6) is 0 Å². The molecule has 0 unspecified atom stereocenters. The van der Waals surface area contributed by atoms with Gasteiger partial charge in [0.15, 0.2) is 11.4 Å². The summed E-state index contributed by atoms with van der Waals surface area (Å²) in [5.74, 6) is -0.0235. The number of oxazole rings is 1. The first-order chi connectivity index (χ1) is 26.2. The van der Waals surface area contributed by atoms with Crippen molar-refractivity contribution in [1.82, 2.24) is 24.8 Å². The van der Waals surface area contributed by atoms with Crippen molar-refractivity contribution in [1.29, 1.82) is 5.26 Å². The summed E-state index contributed by atoms with van der Waals surface area (Å²) in [7, 11) is 0. The first-order valence-electron chi connectivity index (χ1n) is 18.4. The van der Waals surface area contributed by atoms with Gasteiger partial charge in [0.1, 0.15) is 22.7 Å². The molecule has 11 nitrogen and oxygen atoms in total. The van der Waals surface area contributed by atoms with Crippen LogP contribution in [0.15, 0.2) is 75.9 Å². The van der Waals surface area contributed by atoms with Gasteiger partial charge in [0.2, 0.25) is 5.89 Å². The van der Waals surface area contributed by atoms with E-state index in [2.05, 4.69) is 67.2 Å². The summed E-state index contributed by atoms with van der Waals surface area (Å²) in [6.45, 7) is 5.64. The number of pyridine rings is 2. The zero-order valence-electron chi connectivity index (χ0n) is 29.7. The topological polar surface area (TPSA) is 152 Å². The lowest BCUT2D eigenvalue weighted by Gasteiger charge is -2.24. The second kappa shape index (κ2) is 13.9. The van der Waals surface area contributed by atoms with Gasteiger partial charge in [-0.2, -0.15) is 5.26 Å². The number of nitrogens with one attached hydrogen (secondary N) is 1. The van der Waals surface area contributed by atoms with E-state index in [1.807, 2.05) is 42.6 Å². The molecule has 0 amide bonds. The van der Waals surface area contributed by atoms with Crippen LogP contribution in [0.25, 0.3) is 44.6 Å². The number of carboxylic acid groups (broad SMARTS) is 1. The summed E-state index contributed by atoms with van der Waals surface area (Å²) in [5, 5.41) is 34.4. The predicted molar refractivity (Wildman–Crippen MR) is 209 cm³/mol. The van der Waals surface area contributed by atoms with E-state index in [9.17, 15) is 20.3 Å². The van der Waals surface area contributed by atoms with Crippen molar-refractivity contribution in [3.63, 3.8) is 0 Å². The molecule has 5 heterocycles. The second-order valence-corrected chi connectivity index (χ2v) is 15.5. The maximum absolute atomic E-state index is 11.7. The Kier molecular flexibility index (Phi) is 8.90. The Bertz CT molecular complexity index is 2510. The highest BCUT2D eigenvalue weighted by Gasteiger charge is 2.37. The number of fused-ring (bicyclic) bond motifs is 3. The number of nitrogens with zero attached hydrogens (tertiary/aromatic N) is 6. The number of carboxylic acids is 1. The molecule has 0 spiro atoms. The predicted octanol–water partition coefficient (Wildman–Crippen LogP) is 7.75.